The summed E-state index contributed by atoms with van der Waals surface area (Å²) in [5.74, 6) is 4.87. The first-order valence-corrected chi connectivity index (χ1v) is 9.50. The zero-order valence-electron chi connectivity index (χ0n) is 11.9. The van der Waals surface area contributed by atoms with Gasteiger partial charge in [0.05, 0.1) is 5.25 Å². The number of rotatable bonds is 3. The van der Waals surface area contributed by atoms with E-state index >= 15 is 0 Å². The summed E-state index contributed by atoms with van der Waals surface area (Å²) in [6.45, 7) is 6.89. The van der Waals surface area contributed by atoms with Gasteiger partial charge in [-0.25, -0.2) is 0 Å². The molecule has 1 saturated carbocycles. The minimum absolute atomic E-state index is 0.291. The molecule has 3 heteroatoms. The van der Waals surface area contributed by atoms with Crippen molar-refractivity contribution in [3.05, 3.63) is 0 Å². The molecule has 0 spiro atoms. The maximum Gasteiger partial charge on any atom is 0.150 e. The lowest BCUT2D eigenvalue weighted by Crippen LogP contribution is -2.39. The molecule has 0 aromatic carbocycles. The molecule has 1 aliphatic heterocycles. The molecule has 0 radical (unpaired) electrons. The van der Waals surface area contributed by atoms with Crippen molar-refractivity contribution in [2.24, 2.45) is 17.8 Å². The van der Waals surface area contributed by atoms with E-state index in [0.717, 1.165) is 36.9 Å². The van der Waals surface area contributed by atoms with E-state index < -0.39 is 0 Å². The quantitative estimate of drug-likeness (QED) is 0.772. The molecule has 0 aromatic rings. The molecule has 1 heterocycles. The van der Waals surface area contributed by atoms with Crippen molar-refractivity contribution in [3.63, 3.8) is 0 Å². The van der Waals surface area contributed by atoms with E-state index in [4.69, 9.17) is 0 Å². The monoisotopic (exact) mass is 286 g/mol. The molecule has 1 saturated heterocycles. The van der Waals surface area contributed by atoms with Gasteiger partial charge in [0.25, 0.3) is 0 Å². The van der Waals surface area contributed by atoms with Gasteiger partial charge >= 0.3 is 0 Å². The number of thioether (sulfide) groups is 2. The molecule has 0 bridgehead atoms. The van der Waals surface area contributed by atoms with Crippen molar-refractivity contribution in [2.75, 3.05) is 11.5 Å². The maximum absolute atomic E-state index is 12.7. The van der Waals surface area contributed by atoms with Crippen LogP contribution in [0.2, 0.25) is 0 Å². The molecule has 2 aliphatic rings. The minimum Gasteiger partial charge on any atom is -0.298 e. The lowest BCUT2D eigenvalue weighted by atomic mass is 9.73. The number of carbonyl (C=O) groups excluding carboxylic acids is 1. The first-order valence-electron chi connectivity index (χ1n) is 7.40. The Bertz CT molecular complexity index is 292. The summed E-state index contributed by atoms with van der Waals surface area (Å²) < 4.78 is 0. The first-order chi connectivity index (χ1) is 8.63. The van der Waals surface area contributed by atoms with Crippen LogP contribution >= 0.6 is 23.5 Å². The highest BCUT2D eigenvalue weighted by atomic mass is 32.2. The molecular weight excluding hydrogens is 260 g/mol. The Kier molecular flexibility index (Phi) is 5.49. The number of Topliss-reactive ketones (excluding diaryl/α,β-unsaturated/α-hetero) is 1. The van der Waals surface area contributed by atoms with Crippen LogP contribution in [0.15, 0.2) is 0 Å². The van der Waals surface area contributed by atoms with Gasteiger partial charge in [-0.2, -0.15) is 11.8 Å². The van der Waals surface area contributed by atoms with Crippen LogP contribution in [0.5, 0.6) is 0 Å². The molecule has 1 nitrogen and oxygen atoms in total. The van der Waals surface area contributed by atoms with Gasteiger partial charge in [0, 0.05) is 22.7 Å². The van der Waals surface area contributed by atoms with Crippen LogP contribution in [-0.4, -0.2) is 27.8 Å². The van der Waals surface area contributed by atoms with Gasteiger partial charge in [-0.1, -0.05) is 20.8 Å². The largest absolute Gasteiger partial charge is 0.298 e. The third-order valence-electron chi connectivity index (χ3n) is 4.73. The predicted octanol–water partition coefficient (Wildman–Crippen LogP) is 4.26. The molecule has 18 heavy (non-hydrogen) atoms. The van der Waals surface area contributed by atoms with Crippen molar-refractivity contribution in [1.29, 1.82) is 0 Å². The van der Waals surface area contributed by atoms with Gasteiger partial charge in [0.1, 0.15) is 5.78 Å². The van der Waals surface area contributed by atoms with Gasteiger partial charge in [0.15, 0.2) is 0 Å². The molecule has 2 rings (SSSR count). The summed E-state index contributed by atoms with van der Waals surface area (Å²) in [6, 6.07) is 0. The molecule has 5 unspecified atom stereocenters. The average molecular weight is 287 g/mol. The van der Waals surface area contributed by atoms with Crippen molar-refractivity contribution in [2.45, 2.75) is 57.0 Å². The molecule has 1 aliphatic carbocycles. The van der Waals surface area contributed by atoms with Crippen LogP contribution in [0.4, 0.5) is 0 Å². The van der Waals surface area contributed by atoms with Gasteiger partial charge < -0.3 is 0 Å². The molecule has 0 amide bonds. The molecule has 5 atom stereocenters. The third-order valence-corrected chi connectivity index (χ3v) is 8.00. The van der Waals surface area contributed by atoms with Crippen LogP contribution in [-0.2, 0) is 4.79 Å². The number of carbonyl (C=O) groups is 1. The van der Waals surface area contributed by atoms with E-state index in [1.807, 2.05) is 23.5 Å². The summed E-state index contributed by atoms with van der Waals surface area (Å²) in [4.78, 5) is 12.7. The van der Waals surface area contributed by atoms with Crippen LogP contribution in [0.3, 0.4) is 0 Å². The Hall–Kier alpha value is 0.370. The predicted molar refractivity (Wildman–Crippen MR) is 83.5 cm³/mol. The van der Waals surface area contributed by atoms with Gasteiger partial charge in [-0.15, -0.1) is 11.8 Å². The molecular formula is C15H26OS2. The second-order valence-electron chi connectivity index (χ2n) is 5.98. The van der Waals surface area contributed by atoms with E-state index in [0.29, 0.717) is 22.2 Å². The minimum atomic E-state index is 0.291. The fourth-order valence-electron chi connectivity index (χ4n) is 3.20. The van der Waals surface area contributed by atoms with E-state index in [1.54, 1.807) is 0 Å². The summed E-state index contributed by atoms with van der Waals surface area (Å²) in [5, 5.41) is 0.866. The Morgan fingerprint density at radius 1 is 1.11 bits per heavy atom. The SMILES string of the molecule is CCC1SCCSC1C(=O)C1CCC(C)C(C)C1. The summed E-state index contributed by atoms with van der Waals surface area (Å²) in [6.07, 6.45) is 4.67. The third kappa shape index (κ3) is 3.27. The van der Waals surface area contributed by atoms with Crippen molar-refractivity contribution in [3.8, 4) is 0 Å². The normalized spacial score (nSPS) is 41.6. The first kappa shape index (κ1) is 14.8. The van der Waals surface area contributed by atoms with E-state index in [-0.39, 0.29) is 0 Å². The summed E-state index contributed by atoms with van der Waals surface area (Å²) in [7, 11) is 0. The Morgan fingerprint density at radius 2 is 1.83 bits per heavy atom. The topological polar surface area (TPSA) is 17.1 Å². The van der Waals surface area contributed by atoms with E-state index in [2.05, 4.69) is 20.8 Å². The smallest absolute Gasteiger partial charge is 0.150 e. The second kappa shape index (κ2) is 6.69. The fourth-order valence-corrected chi connectivity index (χ4v) is 6.31. The zero-order valence-corrected chi connectivity index (χ0v) is 13.5. The average Bonchev–Trinajstić information content (AvgIpc) is 2.41. The van der Waals surface area contributed by atoms with Crippen molar-refractivity contribution in [1.82, 2.24) is 0 Å². The van der Waals surface area contributed by atoms with Gasteiger partial charge in [0.2, 0.25) is 0 Å². The van der Waals surface area contributed by atoms with Gasteiger partial charge in [-0.05, 0) is 37.5 Å². The Morgan fingerprint density at radius 3 is 2.50 bits per heavy atom. The number of hydrogen-bond donors (Lipinski definition) is 0. The molecule has 2 fully saturated rings. The highest BCUT2D eigenvalue weighted by Crippen LogP contribution is 2.40. The maximum atomic E-state index is 12.7. The Balaban J connectivity index is 1.97. The zero-order chi connectivity index (χ0) is 13.1. The molecule has 104 valence electrons. The van der Waals surface area contributed by atoms with Crippen LogP contribution < -0.4 is 0 Å². The number of hydrogen-bond acceptors (Lipinski definition) is 3. The highest BCUT2D eigenvalue weighted by Gasteiger charge is 2.37. The molecule has 0 aromatic heterocycles. The second-order valence-corrected chi connectivity index (χ2v) is 8.57. The summed E-state index contributed by atoms with van der Waals surface area (Å²) in [5.41, 5.74) is 0. The lowest BCUT2D eigenvalue weighted by Gasteiger charge is -2.36. The lowest BCUT2D eigenvalue weighted by molar-refractivity contribution is -0.124. The van der Waals surface area contributed by atoms with Crippen molar-refractivity contribution < 1.29 is 4.79 Å². The van der Waals surface area contributed by atoms with Crippen LogP contribution in [0.25, 0.3) is 0 Å². The fraction of sp³-hybridized carbons (Fsp3) is 0.933. The van der Waals surface area contributed by atoms with Crippen LogP contribution in [0, 0.1) is 17.8 Å². The van der Waals surface area contributed by atoms with Gasteiger partial charge in [-0.3, -0.25) is 4.79 Å². The standard InChI is InChI=1S/C15H26OS2/c1-4-13-15(18-8-7-17-13)14(16)12-6-5-10(2)11(3)9-12/h10-13,15H,4-9H2,1-3H3. The van der Waals surface area contributed by atoms with Crippen molar-refractivity contribution >= 4 is 29.3 Å². The highest BCUT2D eigenvalue weighted by molar-refractivity contribution is 8.07. The van der Waals surface area contributed by atoms with Crippen LogP contribution in [0.1, 0.15) is 46.5 Å². The molecule has 0 N–H and O–H groups in total. The van der Waals surface area contributed by atoms with E-state index in [1.165, 1.54) is 12.2 Å². The number of ketones is 1. The summed E-state index contributed by atoms with van der Waals surface area (Å²) >= 11 is 3.95. The Labute approximate surface area is 120 Å². The van der Waals surface area contributed by atoms with E-state index in [9.17, 15) is 4.79 Å².